The van der Waals surface area contributed by atoms with Gasteiger partial charge in [-0.05, 0) is 47.8 Å². The Hall–Kier alpha value is -1.89. The third-order valence-electron chi connectivity index (χ3n) is 3.30. The Labute approximate surface area is 124 Å². The topological polar surface area (TPSA) is 96.7 Å². The van der Waals surface area contributed by atoms with Gasteiger partial charge in [0.05, 0.1) is 17.1 Å². The second-order valence-corrected chi connectivity index (χ2v) is 5.75. The Balaban J connectivity index is 1.80. The summed E-state index contributed by atoms with van der Waals surface area (Å²) in [6.45, 7) is 1.86. The molecule has 1 amide bonds. The lowest BCUT2D eigenvalue weighted by Crippen LogP contribution is -2.15. The van der Waals surface area contributed by atoms with E-state index >= 15 is 0 Å². The number of halogens is 1. The first-order chi connectivity index (χ1) is 9.56. The number of nitrogens with one attached hydrogen (secondary N) is 2. The molecule has 2 heterocycles. The number of rotatable bonds is 3. The molecule has 0 radical (unpaired) electrons. The second-order valence-electron chi connectivity index (χ2n) is 4.89. The SMILES string of the molecule is Cc1nc(NC(=O)c2n[nH]c(C3CC3)c2N)ccc1Br. The Bertz CT molecular complexity index is 677. The van der Waals surface area contributed by atoms with Crippen molar-refractivity contribution in [3.8, 4) is 0 Å². The molecule has 3 rings (SSSR count). The number of nitrogens with two attached hydrogens (primary N) is 1. The van der Waals surface area contributed by atoms with Gasteiger partial charge < -0.3 is 11.1 Å². The number of aryl methyl sites for hydroxylation is 1. The molecule has 7 heteroatoms. The number of carbonyl (C=O) groups excluding carboxylic acids is 1. The molecule has 0 bridgehead atoms. The molecule has 0 saturated heterocycles. The number of amides is 1. The van der Waals surface area contributed by atoms with Crippen molar-refractivity contribution in [3.05, 3.63) is 33.7 Å². The number of aromatic amines is 1. The molecular weight excluding hydrogens is 322 g/mol. The van der Waals surface area contributed by atoms with Crippen LogP contribution in [0, 0.1) is 6.92 Å². The number of pyridine rings is 1. The smallest absolute Gasteiger partial charge is 0.279 e. The number of hydrogen-bond acceptors (Lipinski definition) is 4. The average Bonchev–Trinajstić information content (AvgIpc) is 3.17. The van der Waals surface area contributed by atoms with Crippen LogP contribution in [0.2, 0.25) is 0 Å². The van der Waals surface area contributed by atoms with Crippen molar-refractivity contribution in [1.29, 1.82) is 0 Å². The van der Waals surface area contributed by atoms with E-state index in [9.17, 15) is 4.79 Å². The normalized spacial score (nSPS) is 14.3. The van der Waals surface area contributed by atoms with E-state index in [0.29, 0.717) is 17.4 Å². The van der Waals surface area contributed by atoms with Gasteiger partial charge in [-0.3, -0.25) is 9.89 Å². The van der Waals surface area contributed by atoms with E-state index < -0.39 is 0 Å². The highest BCUT2D eigenvalue weighted by atomic mass is 79.9. The molecule has 1 aliphatic rings. The lowest BCUT2D eigenvalue weighted by molar-refractivity contribution is 0.102. The van der Waals surface area contributed by atoms with Gasteiger partial charge in [-0.15, -0.1) is 0 Å². The van der Waals surface area contributed by atoms with E-state index in [1.54, 1.807) is 6.07 Å². The number of hydrogen-bond donors (Lipinski definition) is 3. The van der Waals surface area contributed by atoms with E-state index in [1.165, 1.54) is 0 Å². The highest BCUT2D eigenvalue weighted by molar-refractivity contribution is 9.10. The molecule has 1 fully saturated rings. The van der Waals surface area contributed by atoms with Crippen LogP contribution in [0.3, 0.4) is 0 Å². The molecule has 0 aromatic carbocycles. The highest BCUT2D eigenvalue weighted by Gasteiger charge is 2.30. The summed E-state index contributed by atoms with van der Waals surface area (Å²) in [6.07, 6.45) is 2.20. The van der Waals surface area contributed by atoms with Crippen LogP contribution >= 0.6 is 15.9 Å². The van der Waals surface area contributed by atoms with Crippen LogP contribution in [0.25, 0.3) is 0 Å². The quantitative estimate of drug-likeness (QED) is 0.803. The van der Waals surface area contributed by atoms with Gasteiger partial charge in [-0.2, -0.15) is 5.10 Å². The number of nitrogens with zero attached hydrogens (tertiary/aromatic N) is 2. The fourth-order valence-electron chi connectivity index (χ4n) is 2.01. The van der Waals surface area contributed by atoms with Gasteiger partial charge in [-0.1, -0.05) is 0 Å². The Morgan fingerprint density at radius 3 is 2.90 bits per heavy atom. The minimum Gasteiger partial charge on any atom is -0.395 e. The van der Waals surface area contributed by atoms with Gasteiger partial charge in [0.1, 0.15) is 5.82 Å². The summed E-state index contributed by atoms with van der Waals surface area (Å²) in [4.78, 5) is 16.4. The number of H-pyrrole nitrogens is 1. The molecule has 0 unspecified atom stereocenters. The zero-order valence-electron chi connectivity index (χ0n) is 10.9. The van der Waals surface area contributed by atoms with E-state index in [-0.39, 0.29) is 11.6 Å². The molecule has 1 aliphatic carbocycles. The minimum atomic E-state index is -0.347. The lowest BCUT2D eigenvalue weighted by atomic mass is 10.2. The molecule has 2 aromatic rings. The summed E-state index contributed by atoms with van der Waals surface area (Å²) < 4.78 is 0.894. The van der Waals surface area contributed by atoms with Crippen molar-refractivity contribution in [3.63, 3.8) is 0 Å². The molecule has 0 aliphatic heterocycles. The molecule has 0 spiro atoms. The standard InChI is InChI=1S/C13H14BrN5O/c1-6-8(14)4-5-9(16-6)17-13(20)12-10(15)11(18-19-12)7-2-3-7/h4-5,7H,2-3,15H2,1H3,(H,18,19)(H,16,17,20). The highest BCUT2D eigenvalue weighted by Crippen LogP contribution is 2.42. The zero-order chi connectivity index (χ0) is 14.3. The van der Waals surface area contributed by atoms with Gasteiger partial charge in [0, 0.05) is 10.4 Å². The number of carbonyl (C=O) groups is 1. The molecule has 2 aromatic heterocycles. The fraction of sp³-hybridized carbons (Fsp3) is 0.308. The molecular formula is C13H14BrN5O. The van der Waals surface area contributed by atoms with Crippen molar-refractivity contribution in [2.24, 2.45) is 0 Å². The number of aromatic nitrogens is 3. The number of anilines is 2. The van der Waals surface area contributed by atoms with Crippen LogP contribution in [-0.2, 0) is 0 Å². The third kappa shape index (κ3) is 2.40. The van der Waals surface area contributed by atoms with E-state index in [1.807, 2.05) is 13.0 Å². The van der Waals surface area contributed by atoms with Crippen molar-refractivity contribution in [2.75, 3.05) is 11.1 Å². The number of nitrogen functional groups attached to an aromatic ring is 1. The Kier molecular flexibility index (Phi) is 3.21. The summed E-state index contributed by atoms with van der Waals surface area (Å²) >= 11 is 3.37. The third-order valence-corrected chi connectivity index (χ3v) is 4.14. The van der Waals surface area contributed by atoms with Crippen LogP contribution in [0.1, 0.15) is 40.6 Å². The molecule has 0 atom stereocenters. The molecule has 104 valence electrons. The van der Waals surface area contributed by atoms with Crippen molar-refractivity contribution in [1.82, 2.24) is 15.2 Å². The molecule has 1 saturated carbocycles. The van der Waals surface area contributed by atoms with Crippen LogP contribution in [-0.4, -0.2) is 21.1 Å². The maximum atomic E-state index is 12.2. The van der Waals surface area contributed by atoms with Crippen LogP contribution < -0.4 is 11.1 Å². The molecule has 4 N–H and O–H groups in total. The van der Waals surface area contributed by atoms with Gasteiger partial charge >= 0.3 is 0 Å². The summed E-state index contributed by atoms with van der Waals surface area (Å²) in [5, 5.41) is 9.58. The maximum Gasteiger partial charge on any atom is 0.279 e. The average molecular weight is 336 g/mol. The molecule has 6 nitrogen and oxygen atoms in total. The van der Waals surface area contributed by atoms with Crippen molar-refractivity contribution < 1.29 is 4.79 Å². The largest absolute Gasteiger partial charge is 0.395 e. The van der Waals surface area contributed by atoms with Crippen molar-refractivity contribution >= 4 is 33.3 Å². The van der Waals surface area contributed by atoms with Gasteiger partial charge in [0.2, 0.25) is 0 Å². The summed E-state index contributed by atoms with van der Waals surface area (Å²) in [5.41, 5.74) is 8.32. The fourth-order valence-corrected chi connectivity index (χ4v) is 2.23. The first-order valence-corrected chi connectivity index (χ1v) is 7.14. The van der Waals surface area contributed by atoms with Crippen LogP contribution in [0.5, 0.6) is 0 Å². The maximum absolute atomic E-state index is 12.2. The summed E-state index contributed by atoms with van der Waals surface area (Å²) in [5.74, 6) is 0.558. The predicted molar refractivity (Wildman–Crippen MR) is 79.6 cm³/mol. The van der Waals surface area contributed by atoms with Crippen LogP contribution in [0.4, 0.5) is 11.5 Å². The predicted octanol–water partition coefficient (Wildman–Crippen LogP) is 2.59. The first-order valence-electron chi connectivity index (χ1n) is 6.34. The van der Waals surface area contributed by atoms with E-state index in [2.05, 4.69) is 36.4 Å². The Morgan fingerprint density at radius 1 is 1.50 bits per heavy atom. The minimum absolute atomic E-state index is 0.231. The van der Waals surface area contributed by atoms with E-state index in [0.717, 1.165) is 28.7 Å². The van der Waals surface area contributed by atoms with E-state index in [4.69, 9.17) is 5.73 Å². The Morgan fingerprint density at radius 2 is 2.25 bits per heavy atom. The van der Waals surface area contributed by atoms with Gasteiger partial charge in [0.25, 0.3) is 5.91 Å². The molecule has 20 heavy (non-hydrogen) atoms. The zero-order valence-corrected chi connectivity index (χ0v) is 12.5. The van der Waals surface area contributed by atoms with Gasteiger partial charge in [0.15, 0.2) is 5.69 Å². The monoisotopic (exact) mass is 335 g/mol. The van der Waals surface area contributed by atoms with Gasteiger partial charge in [-0.25, -0.2) is 4.98 Å². The first kappa shape index (κ1) is 13.1. The summed E-state index contributed by atoms with van der Waals surface area (Å²) in [7, 11) is 0. The van der Waals surface area contributed by atoms with Crippen molar-refractivity contribution in [2.45, 2.75) is 25.7 Å². The lowest BCUT2D eigenvalue weighted by Gasteiger charge is -2.05. The summed E-state index contributed by atoms with van der Waals surface area (Å²) in [6, 6.07) is 3.56. The second kappa shape index (κ2) is 4.90. The van der Waals surface area contributed by atoms with Crippen LogP contribution in [0.15, 0.2) is 16.6 Å².